The summed E-state index contributed by atoms with van der Waals surface area (Å²) < 4.78 is 25.4. The number of hydrogen-bond acceptors (Lipinski definition) is 7. The van der Waals surface area contributed by atoms with E-state index < -0.39 is 0 Å². The second-order valence-electron chi connectivity index (χ2n) is 11.5. The van der Waals surface area contributed by atoms with E-state index in [1.807, 2.05) is 65.2 Å². The summed E-state index contributed by atoms with van der Waals surface area (Å²) in [5.41, 5.74) is 4.60. The molecule has 1 aliphatic heterocycles. The van der Waals surface area contributed by atoms with E-state index in [1.165, 1.54) is 18.7 Å². The second-order valence-corrected chi connectivity index (χ2v) is 11.5. The summed E-state index contributed by atoms with van der Waals surface area (Å²) in [5.74, 6) is 1.89. The topological polar surface area (TPSA) is 83.1 Å². The summed E-state index contributed by atoms with van der Waals surface area (Å²) in [6.45, 7) is 2.29. The van der Waals surface area contributed by atoms with Gasteiger partial charge in [0.1, 0.15) is 28.4 Å². The Morgan fingerprint density at radius 3 is 2.26 bits per heavy atom. The van der Waals surface area contributed by atoms with Crippen LogP contribution >= 0.6 is 0 Å². The number of rotatable bonds is 8. The summed E-state index contributed by atoms with van der Waals surface area (Å²) >= 11 is 0. The summed E-state index contributed by atoms with van der Waals surface area (Å²) in [6.07, 6.45) is 4.61. The molecule has 236 valence electrons. The highest BCUT2D eigenvalue weighted by Crippen LogP contribution is 2.41. The summed E-state index contributed by atoms with van der Waals surface area (Å²) in [4.78, 5) is 30.2. The molecule has 0 atom stereocenters. The average Bonchev–Trinajstić information content (AvgIpc) is 3.12. The summed E-state index contributed by atoms with van der Waals surface area (Å²) in [5, 5.41) is 0.824. The Morgan fingerprint density at radius 2 is 1.55 bits per heavy atom. The third-order valence-electron chi connectivity index (χ3n) is 8.76. The van der Waals surface area contributed by atoms with Gasteiger partial charge in [-0.15, -0.1) is 0 Å². The molecule has 0 bridgehead atoms. The Morgan fingerprint density at radius 1 is 0.809 bits per heavy atom. The van der Waals surface area contributed by atoms with E-state index in [1.54, 1.807) is 32.5 Å². The third kappa shape index (κ3) is 5.57. The van der Waals surface area contributed by atoms with E-state index >= 15 is 0 Å². The minimum atomic E-state index is -0.307. The van der Waals surface area contributed by atoms with Crippen molar-refractivity contribution in [1.82, 2.24) is 9.47 Å². The maximum absolute atomic E-state index is 14.0. The predicted octanol–water partition coefficient (Wildman–Crippen LogP) is 7.08. The van der Waals surface area contributed by atoms with Gasteiger partial charge in [0.05, 0.1) is 38.0 Å². The molecule has 0 aliphatic carbocycles. The molecule has 0 amide bonds. The molecule has 3 heterocycles. The third-order valence-corrected chi connectivity index (χ3v) is 8.76. The highest BCUT2D eigenvalue weighted by Gasteiger charge is 2.25. The number of methoxy groups -OCH3 is 3. The molecule has 0 spiro atoms. The number of hydrogen-bond donors (Lipinski definition) is 0. The van der Waals surface area contributed by atoms with Gasteiger partial charge in [0.15, 0.2) is 16.4 Å². The normalized spacial score (nSPS) is 13.5. The van der Waals surface area contributed by atoms with Crippen LogP contribution in [0.4, 0.5) is 0 Å². The first kappa shape index (κ1) is 30.1. The Hall–Kier alpha value is -5.60. The van der Waals surface area contributed by atoms with E-state index in [9.17, 15) is 9.59 Å². The minimum absolute atomic E-state index is 0.178. The Balaban J connectivity index is 1.37. The standard InChI is InChI=1S/C39H34N2O6/c1-44-28-15-13-25(14-16-28)23-40-19-17-26(18-20-40)36-34(45-2)22-35(46-3)37-32(42)21-33(47-39(36)37)30-24-41(27-9-5-4-6-10-27)31-12-8-7-11-29(31)38(30)43/h4-17,21-22,24H,18-20,23H2,1-3H3. The molecule has 0 unspecified atom stereocenters. The van der Waals surface area contributed by atoms with Gasteiger partial charge < -0.3 is 23.2 Å². The molecule has 47 heavy (non-hydrogen) atoms. The van der Waals surface area contributed by atoms with Gasteiger partial charge in [-0.25, -0.2) is 0 Å². The van der Waals surface area contributed by atoms with Gasteiger partial charge in [-0.05, 0) is 54.0 Å². The Kier molecular flexibility index (Phi) is 8.10. The van der Waals surface area contributed by atoms with Gasteiger partial charge in [-0.3, -0.25) is 14.5 Å². The lowest BCUT2D eigenvalue weighted by atomic mass is 9.95. The van der Waals surface area contributed by atoms with Gasteiger partial charge in [0.2, 0.25) is 0 Å². The number of aromatic nitrogens is 1. The maximum atomic E-state index is 14.0. The van der Waals surface area contributed by atoms with Gasteiger partial charge in [-0.1, -0.05) is 48.5 Å². The quantitative estimate of drug-likeness (QED) is 0.179. The SMILES string of the molecule is COc1ccc(CN2CC=C(c3c(OC)cc(OC)c4c(=O)cc(-c5cn(-c6ccccc6)c6ccccc6c5=O)oc34)CC2)cc1. The van der Waals surface area contributed by atoms with E-state index in [0.717, 1.165) is 35.6 Å². The van der Waals surface area contributed by atoms with Crippen LogP contribution in [0.1, 0.15) is 17.5 Å². The zero-order valence-corrected chi connectivity index (χ0v) is 26.5. The second kappa shape index (κ2) is 12.7. The molecule has 7 rings (SSSR count). The monoisotopic (exact) mass is 626 g/mol. The highest BCUT2D eigenvalue weighted by atomic mass is 16.5. The molecule has 0 N–H and O–H groups in total. The van der Waals surface area contributed by atoms with Crippen molar-refractivity contribution in [2.75, 3.05) is 34.4 Å². The number of nitrogens with zero attached hydrogens (tertiary/aromatic N) is 2. The molecule has 1 aliphatic rings. The van der Waals surface area contributed by atoms with Crippen LogP contribution in [-0.4, -0.2) is 43.9 Å². The summed E-state index contributed by atoms with van der Waals surface area (Å²) in [6, 6.07) is 28.4. The van der Waals surface area contributed by atoms with E-state index in [0.29, 0.717) is 46.4 Å². The van der Waals surface area contributed by atoms with Gasteiger partial charge in [0, 0.05) is 49.0 Å². The van der Waals surface area contributed by atoms with Crippen LogP contribution in [0.25, 0.3) is 44.5 Å². The lowest BCUT2D eigenvalue weighted by Crippen LogP contribution is -2.28. The average molecular weight is 627 g/mol. The molecule has 6 aromatic rings. The van der Waals surface area contributed by atoms with Crippen molar-refractivity contribution >= 4 is 27.4 Å². The van der Waals surface area contributed by atoms with Crippen molar-refractivity contribution in [1.29, 1.82) is 0 Å². The summed E-state index contributed by atoms with van der Waals surface area (Å²) in [7, 11) is 4.77. The molecule has 8 heteroatoms. The molecule has 0 saturated heterocycles. The number of para-hydroxylation sites is 2. The first-order valence-electron chi connectivity index (χ1n) is 15.5. The van der Waals surface area contributed by atoms with E-state index in [-0.39, 0.29) is 22.2 Å². The zero-order chi connectivity index (χ0) is 32.5. The zero-order valence-electron chi connectivity index (χ0n) is 26.5. The Bertz CT molecular complexity index is 2250. The fourth-order valence-corrected chi connectivity index (χ4v) is 6.36. The lowest BCUT2D eigenvalue weighted by molar-refractivity contribution is 0.293. The van der Waals surface area contributed by atoms with E-state index in [2.05, 4.69) is 23.1 Å². The van der Waals surface area contributed by atoms with Crippen molar-refractivity contribution in [2.45, 2.75) is 13.0 Å². The van der Waals surface area contributed by atoms with Gasteiger partial charge in [0.25, 0.3) is 0 Å². The van der Waals surface area contributed by atoms with Gasteiger partial charge in [-0.2, -0.15) is 0 Å². The van der Waals surface area contributed by atoms with Crippen molar-refractivity contribution < 1.29 is 18.6 Å². The molecular weight excluding hydrogens is 592 g/mol. The molecule has 4 aromatic carbocycles. The molecule has 0 saturated carbocycles. The smallest absolute Gasteiger partial charge is 0.200 e. The lowest BCUT2D eigenvalue weighted by Gasteiger charge is -2.27. The first-order chi connectivity index (χ1) is 23.0. The molecular formula is C39H34N2O6. The van der Waals surface area contributed by atoms with Crippen molar-refractivity contribution in [3.8, 4) is 34.3 Å². The van der Waals surface area contributed by atoms with Crippen LogP contribution in [-0.2, 0) is 6.54 Å². The Labute approximate surface area is 271 Å². The van der Waals surface area contributed by atoms with Crippen molar-refractivity contribution in [2.24, 2.45) is 0 Å². The van der Waals surface area contributed by atoms with Crippen LogP contribution in [0.5, 0.6) is 17.2 Å². The number of pyridine rings is 1. The molecule has 8 nitrogen and oxygen atoms in total. The van der Waals surface area contributed by atoms with Crippen LogP contribution in [0.2, 0.25) is 0 Å². The number of benzene rings is 4. The van der Waals surface area contributed by atoms with E-state index in [4.69, 9.17) is 18.6 Å². The fourth-order valence-electron chi connectivity index (χ4n) is 6.36. The fraction of sp³-hybridized carbons (Fsp3) is 0.179. The largest absolute Gasteiger partial charge is 0.497 e. The predicted molar refractivity (Wildman–Crippen MR) is 185 cm³/mol. The minimum Gasteiger partial charge on any atom is -0.497 e. The molecule has 0 radical (unpaired) electrons. The van der Waals surface area contributed by atoms with Crippen LogP contribution in [0.15, 0.2) is 117 Å². The van der Waals surface area contributed by atoms with Gasteiger partial charge >= 0.3 is 0 Å². The highest BCUT2D eigenvalue weighted by molar-refractivity contribution is 5.97. The molecule has 0 fully saturated rings. The van der Waals surface area contributed by atoms with Crippen LogP contribution < -0.4 is 25.1 Å². The maximum Gasteiger partial charge on any atom is 0.200 e. The van der Waals surface area contributed by atoms with Crippen molar-refractivity contribution in [3.05, 3.63) is 135 Å². The first-order valence-corrected chi connectivity index (χ1v) is 15.5. The van der Waals surface area contributed by atoms with Crippen LogP contribution in [0, 0.1) is 0 Å². The van der Waals surface area contributed by atoms with Crippen molar-refractivity contribution in [3.63, 3.8) is 0 Å². The number of fused-ring (bicyclic) bond motifs is 2. The number of ether oxygens (including phenoxy) is 3. The van der Waals surface area contributed by atoms with Crippen LogP contribution in [0.3, 0.4) is 0 Å². The molecule has 2 aromatic heterocycles.